The zero-order valence-electron chi connectivity index (χ0n) is 8.18. The summed E-state index contributed by atoms with van der Waals surface area (Å²) in [5.41, 5.74) is 5.24. The Morgan fingerprint density at radius 1 is 1.00 bits per heavy atom. The van der Waals surface area contributed by atoms with Gasteiger partial charge in [-0.2, -0.15) is 13.2 Å². The van der Waals surface area contributed by atoms with E-state index in [0.29, 0.717) is 11.5 Å². The summed E-state index contributed by atoms with van der Waals surface area (Å²) in [6.45, 7) is 0. The zero-order chi connectivity index (χ0) is 11.8. The molecule has 1 aromatic carbocycles. The van der Waals surface area contributed by atoms with Gasteiger partial charge in [0.2, 0.25) is 0 Å². The molecule has 2 aromatic rings. The highest BCUT2D eigenvalue weighted by atomic mass is 19.4. The molecule has 1 aromatic heterocycles. The summed E-state index contributed by atoms with van der Waals surface area (Å²) >= 11 is 0. The van der Waals surface area contributed by atoms with E-state index in [1.54, 1.807) is 6.07 Å². The molecule has 3 N–H and O–H groups in total. The number of H-pyrrole nitrogens is 1. The standard InChI is InChI=1S/C11H9F3N2/c12-11(13,14)8-4-2-1-3-7(8)9-5-6-10(15)16-9/h1-6,16H,15H2. The van der Waals surface area contributed by atoms with E-state index in [2.05, 4.69) is 4.98 Å². The first-order chi connectivity index (χ1) is 7.48. The second-order valence-corrected chi connectivity index (χ2v) is 3.37. The highest BCUT2D eigenvalue weighted by molar-refractivity contribution is 5.66. The molecule has 84 valence electrons. The first-order valence-electron chi connectivity index (χ1n) is 4.59. The summed E-state index contributed by atoms with van der Waals surface area (Å²) in [7, 11) is 0. The van der Waals surface area contributed by atoms with Crippen LogP contribution in [0.2, 0.25) is 0 Å². The lowest BCUT2D eigenvalue weighted by atomic mass is 10.0. The van der Waals surface area contributed by atoms with Gasteiger partial charge < -0.3 is 10.7 Å². The molecule has 5 heteroatoms. The van der Waals surface area contributed by atoms with Crippen LogP contribution in [0.1, 0.15) is 5.56 Å². The summed E-state index contributed by atoms with van der Waals surface area (Å²) in [6, 6.07) is 8.43. The van der Waals surface area contributed by atoms with Crippen LogP contribution >= 0.6 is 0 Å². The van der Waals surface area contributed by atoms with Crippen molar-refractivity contribution in [2.45, 2.75) is 6.18 Å². The number of hydrogen-bond acceptors (Lipinski definition) is 1. The van der Waals surface area contributed by atoms with Gasteiger partial charge in [-0.05, 0) is 18.2 Å². The fourth-order valence-electron chi connectivity index (χ4n) is 1.53. The number of aromatic nitrogens is 1. The van der Waals surface area contributed by atoms with Gasteiger partial charge in [0, 0.05) is 11.3 Å². The van der Waals surface area contributed by atoms with Crippen molar-refractivity contribution in [3.8, 4) is 11.3 Å². The predicted molar refractivity (Wildman–Crippen MR) is 55.6 cm³/mol. The fraction of sp³-hybridized carbons (Fsp3) is 0.0909. The molecule has 0 aliphatic carbocycles. The fourth-order valence-corrected chi connectivity index (χ4v) is 1.53. The molecule has 0 saturated heterocycles. The summed E-state index contributed by atoms with van der Waals surface area (Å²) in [6.07, 6.45) is -4.36. The number of rotatable bonds is 1. The van der Waals surface area contributed by atoms with Crippen molar-refractivity contribution in [1.29, 1.82) is 0 Å². The molecule has 2 nitrogen and oxygen atoms in total. The molecule has 0 amide bonds. The van der Waals surface area contributed by atoms with Gasteiger partial charge >= 0.3 is 6.18 Å². The highest BCUT2D eigenvalue weighted by Crippen LogP contribution is 2.36. The Labute approximate surface area is 89.9 Å². The molecule has 1 heterocycles. The molecular formula is C11H9F3N2. The van der Waals surface area contributed by atoms with Gasteiger partial charge in [0.15, 0.2) is 0 Å². The summed E-state index contributed by atoms with van der Waals surface area (Å²) in [5.74, 6) is 0.340. The van der Waals surface area contributed by atoms with Crippen LogP contribution in [0.15, 0.2) is 36.4 Å². The van der Waals surface area contributed by atoms with Crippen LogP contribution in [0.25, 0.3) is 11.3 Å². The molecule has 0 saturated carbocycles. The van der Waals surface area contributed by atoms with Gasteiger partial charge in [-0.15, -0.1) is 0 Å². The van der Waals surface area contributed by atoms with E-state index in [0.717, 1.165) is 6.07 Å². The van der Waals surface area contributed by atoms with Crippen LogP contribution in [0.5, 0.6) is 0 Å². The number of alkyl halides is 3. The second kappa shape index (κ2) is 3.59. The minimum atomic E-state index is -4.36. The number of benzene rings is 1. The van der Waals surface area contributed by atoms with Gasteiger partial charge in [-0.25, -0.2) is 0 Å². The number of halogens is 3. The molecule has 0 aliphatic heterocycles. The normalized spacial score (nSPS) is 11.7. The minimum absolute atomic E-state index is 0.103. The largest absolute Gasteiger partial charge is 0.417 e. The van der Waals surface area contributed by atoms with Gasteiger partial charge in [-0.3, -0.25) is 0 Å². The SMILES string of the molecule is Nc1ccc(-c2ccccc2C(F)(F)F)[nH]1. The number of nitrogen functional groups attached to an aromatic ring is 1. The number of nitrogens with two attached hydrogens (primary N) is 1. The van der Waals surface area contributed by atoms with Crippen molar-refractivity contribution < 1.29 is 13.2 Å². The Morgan fingerprint density at radius 2 is 1.69 bits per heavy atom. The number of hydrogen-bond donors (Lipinski definition) is 2. The maximum Gasteiger partial charge on any atom is 0.417 e. The first kappa shape index (κ1) is 10.6. The third-order valence-electron chi connectivity index (χ3n) is 2.23. The van der Waals surface area contributed by atoms with E-state index in [-0.39, 0.29) is 5.56 Å². The summed E-state index contributed by atoms with van der Waals surface area (Å²) in [5, 5.41) is 0. The molecule has 0 fully saturated rings. The molecule has 0 aliphatic rings. The van der Waals surface area contributed by atoms with Crippen LogP contribution in [0.3, 0.4) is 0 Å². The van der Waals surface area contributed by atoms with E-state index >= 15 is 0 Å². The van der Waals surface area contributed by atoms with E-state index in [1.165, 1.54) is 24.3 Å². The van der Waals surface area contributed by atoms with E-state index in [1.807, 2.05) is 0 Å². The van der Waals surface area contributed by atoms with Gasteiger partial charge in [-0.1, -0.05) is 18.2 Å². The lowest BCUT2D eigenvalue weighted by Crippen LogP contribution is -2.06. The lowest BCUT2D eigenvalue weighted by Gasteiger charge is -2.11. The lowest BCUT2D eigenvalue weighted by molar-refractivity contribution is -0.137. The second-order valence-electron chi connectivity index (χ2n) is 3.37. The van der Waals surface area contributed by atoms with Crippen LogP contribution in [-0.2, 0) is 6.18 Å². The average Bonchev–Trinajstić information content (AvgIpc) is 2.64. The molecular weight excluding hydrogens is 217 g/mol. The van der Waals surface area contributed by atoms with E-state index in [9.17, 15) is 13.2 Å². The van der Waals surface area contributed by atoms with Crippen molar-refractivity contribution >= 4 is 5.82 Å². The van der Waals surface area contributed by atoms with Gasteiger partial charge in [0.05, 0.1) is 5.56 Å². The molecule has 0 atom stereocenters. The van der Waals surface area contributed by atoms with Crippen molar-refractivity contribution in [2.75, 3.05) is 5.73 Å². The van der Waals surface area contributed by atoms with Crippen molar-refractivity contribution in [3.63, 3.8) is 0 Å². The molecule has 16 heavy (non-hydrogen) atoms. The predicted octanol–water partition coefficient (Wildman–Crippen LogP) is 3.28. The van der Waals surface area contributed by atoms with E-state index < -0.39 is 11.7 Å². The van der Waals surface area contributed by atoms with Gasteiger partial charge in [0.25, 0.3) is 0 Å². The molecule has 2 rings (SSSR count). The number of nitrogens with one attached hydrogen (secondary N) is 1. The Balaban J connectivity index is 2.57. The maximum atomic E-state index is 12.7. The Bertz CT molecular complexity index is 500. The molecule has 0 spiro atoms. The van der Waals surface area contributed by atoms with Crippen LogP contribution in [-0.4, -0.2) is 4.98 Å². The van der Waals surface area contributed by atoms with Crippen molar-refractivity contribution in [1.82, 2.24) is 4.98 Å². The first-order valence-corrected chi connectivity index (χ1v) is 4.59. The van der Waals surface area contributed by atoms with Gasteiger partial charge in [0.1, 0.15) is 5.82 Å². The smallest absolute Gasteiger partial charge is 0.385 e. The van der Waals surface area contributed by atoms with Crippen LogP contribution < -0.4 is 5.73 Å². The number of anilines is 1. The molecule has 0 unspecified atom stereocenters. The average molecular weight is 226 g/mol. The summed E-state index contributed by atoms with van der Waals surface area (Å²) < 4.78 is 38.1. The summed E-state index contributed by atoms with van der Waals surface area (Å²) in [4.78, 5) is 2.68. The monoisotopic (exact) mass is 226 g/mol. The Morgan fingerprint density at radius 3 is 2.25 bits per heavy atom. The van der Waals surface area contributed by atoms with Crippen LogP contribution in [0, 0.1) is 0 Å². The topological polar surface area (TPSA) is 41.8 Å². The minimum Gasteiger partial charge on any atom is -0.385 e. The third-order valence-corrected chi connectivity index (χ3v) is 2.23. The highest BCUT2D eigenvalue weighted by Gasteiger charge is 2.33. The van der Waals surface area contributed by atoms with E-state index in [4.69, 9.17) is 5.73 Å². The molecule has 0 bridgehead atoms. The van der Waals surface area contributed by atoms with Crippen molar-refractivity contribution in [3.05, 3.63) is 42.0 Å². The quantitative estimate of drug-likeness (QED) is 0.769. The Kier molecular flexibility index (Phi) is 2.38. The Hall–Kier alpha value is -1.91. The van der Waals surface area contributed by atoms with Crippen molar-refractivity contribution in [2.24, 2.45) is 0 Å². The van der Waals surface area contributed by atoms with Crippen LogP contribution in [0.4, 0.5) is 19.0 Å². The maximum absolute atomic E-state index is 12.7. The zero-order valence-corrected chi connectivity index (χ0v) is 8.18. The molecule has 0 radical (unpaired) electrons. The third kappa shape index (κ3) is 1.88. The number of aromatic amines is 1.